The van der Waals surface area contributed by atoms with Crippen LogP contribution in [0.4, 0.5) is 0 Å². The average Bonchev–Trinajstić information content (AvgIpc) is 2.89. The normalized spacial score (nSPS) is 11.2. The second-order valence-electron chi connectivity index (χ2n) is 9.07. The molecular formula is C28H28O12S4Zr. The van der Waals surface area contributed by atoms with Crippen LogP contribution in [0.1, 0.15) is 22.3 Å². The van der Waals surface area contributed by atoms with Gasteiger partial charge in [-0.25, -0.2) is 33.7 Å². The van der Waals surface area contributed by atoms with Gasteiger partial charge in [-0.05, 0) is 76.2 Å². The number of rotatable bonds is 4. The molecule has 0 N–H and O–H groups in total. The molecule has 0 aliphatic heterocycles. The van der Waals surface area contributed by atoms with Crippen LogP contribution in [0.2, 0.25) is 0 Å². The molecule has 0 saturated heterocycles. The van der Waals surface area contributed by atoms with Crippen molar-refractivity contribution in [2.45, 2.75) is 47.3 Å². The van der Waals surface area contributed by atoms with Gasteiger partial charge in [0.2, 0.25) is 0 Å². The minimum Gasteiger partial charge on any atom is -0.744 e. The van der Waals surface area contributed by atoms with E-state index in [9.17, 15) is 51.9 Å². The minimum atomic E-state index is -4.27. The standard InChI is InChI=1S/4C7H8O3S.Zr/c4*1-6-2-4-7(5-3-6)11(8,9)10;/h4*2-5H,1H3,(H,8,9,10);/q;;;;+4/p-4. The summed E-state index contributed by atoms with van der Waals surface area (Å²) in [6.45, 7) is 7.28. The molecule has 0 saturated carbocycles. The smallest absolute Gasteiger partial charge is 0.744 e. The zero-order valence-corrected chi connectivity index (χ0v) is 30.0. The molecular weight excluding hydrogens is 748 g/mol. The summed E-state index contributed by atoms with van der Waals surface area (Å²) in [6, 6.07) is 23.1. The van der Waals surface area contributed by atoms with Crippen molar-refractivity contribution < 1.29 is 78.1 Å². The van der Waals surface area contributed by atoms with Crippen LogP contribution in [-0.4, -0.2) is 51.9 Å². The van der Waals surface area contributed by atoms with Crippen LogP contribution >= 0.6 is 0 Å². The maximum atomic E-state index is 10.4. The maximum absolute atomic E-state index is 10.4. The van der Waals surface area contributed by atoms with Crippen molar-refractivity contribution in [2.24, 2.45) is 0 Å². The molecule has 0 amide bonds. The average molecular weight is 776 g/mol. The predicted octanol–water partition coefficient (Wildman–Crippen LogP) is 3.59. The van der Waals surface area contributed by atoms with Gasteiger partial charge in [0.05, 0.1) is 19.6 Å². The van der Waals surface area contributed by atoms with Crippen molar-refractivity contribution >= 4 is 40.5 Å². The summed E-state index contributed by atoms with van der Waals surface area (Å²) in [6.07, 6.45) is 0. The van der Waals surface area contributed by atoms with Crippen LogP contribution in [-0.2, 0) is 66.7 Å². The van der Waals surface area contributed by atoms with Gasteiger partial charge in [-0.1, -0.05) is 70.8 Å². The molecule has 4 rings (SSSR count). The number of aryl methyl sites for hydroxylation is 4. The molecule has 0 aliphatic carbocycles. The molecule has 0 bridgehead atoms. The first-order chi connectivity index (χ1) is 20.0. The van der Waals surface area contributed by atoms with Crippen LogP contribution in [0.15, 0.2) is 117 Å². The molecule has 12 nitrogen and oxygen atoms in total. The molecule has 0 aromatic heterocycles. The Balaban J connectivity index is 0.000000569. The van der Waals surface area contributed by atoms with E-state index in [0.717, 1.165) is 22.3 Å². The zero-order valence-electron chi connectivity index (χ0n) is 24.3. The van der Waals surface area contributed by atoms with Crippen molar-refractivity contribution in [3.8, 4) is 0 Å². The van der Waals surface area contributed by atoms with Crippen molar-refractivity contribution in [1.29, 1.82) is 0 Å². The Morgan fingerprint density at radius 2 is 0.422 bits per heavy atom. The van der Waals surface area contributed by atoms with E-state index in [2.05, 4.69) is 0 Å². The predicted molar refractivity (Wildman–Crippen MR) is 157 cm³/mol. The third-order valence-electron chi connectivity index (χ3n) is 5.24. The molecule has 0 spiro atoms. The van der Waals surface area contributed by atoms with Crippen molar-refractivity contribution in [2.75, 3.05) is 0 Å². The van der Waals surface area contributed by atoms with Crippen LogP contribution in [0.3, 0.4) is 0 Å². The molecule has 45 heavy (non-hydrogen) atoms. The Hall–Kier alpha value is -2.60. The van der Waals surface area contributed by atoms with E-state index in [1.165, 1.54) is 48.5 Å². The fourth-order valence-corrected chi connectivity index (χ4v) is 4.70. The second kappa shape index (κ2) is 17.9. The largest absolute Gasteiger partial charge is 4.00 e. The van der Waals surface area contributed by atoms with E-state index >= 15 is 0 Å². The summed E-state index contributed by atoms with van der Waals surface area (Å²) in [5.41, 5.74) is 3.71. The summed E-state index contributed by atoms with van der Waals surface area (Å²) in [5, 5.41) is 0. The Kier molecular flexibility index (Phi) is 16.9. The summed E-state index contributed by atoms with van der Waals surface area (Å²) in [7, 11) is -17.1. The minimum absolute atomic E-state index is 0. The van der Waals surface area contributed by atoms with E-state index in [1.54, 1.807) is 48.5 Å². The fourth-order valence-electron chi connectivity index (χ4n) is 2.82. The number of benzene rings is 4. The summed E-state index contributed by atoms with van der Waals surface area (Å²) >= 11 is 0. The Morgan fingerprint density at radius 3 is 0.511 bits per heavy atom. The molecule has 0 unspecified atom stereocenters. The van der Waals surface area contributed by atoms with Gasteiger partial charge < -0.3 is 18.2 Å². The monoisotopic (exact) mass is 774 g/mol. The van der Waals surface area contributed by atoms with E-state index in [-0.39, 0.29) is 45.8 Å². The second-order valence-corrected chi connectivity index (χ2v) is 14.6. The van der Waals surface area contributed by atoms with Crippen LogP contribution in [0, 0.1) is 27.7 Å². The number of hydrogen-bond donors (Lipinski definition) is 0. The third-order valence-corrected chi connectivity index (χ3v) is 8.64. The van der Waals surface area contributed by atoms with E-state index in [4.69, 9.17) is 0 Å². The first-order valence-corrected chi connectivity index (χ1v) is 17.7. The van der Waals surface area contributed by atoms with Crippen LogP contribution in [0.25, 0.3) is 0 Å². The first-order valence-electron chi connectivity index (χ1n) is 12.1. The quantitative estimate of drug-likeness (QED) is 0.271. The van der Waals surface area contributed by atoms with E-state index < -0.39 is 40.5 Å². The van der Waals surface area contributed by atoms with Gasteiger partial charge in [-0.2, -0.15) is 0 Å². The van der Waals surface area contributed by atoms with Gasteiger partial charge in [0.15, 0.2) is 0 Å². The van der Waals surface area contributed by atoms with Crippen molar-refractivity contribution in [3.05, 3.63) is 119 Å². The molecule has 4 aromatic carbocycles. The van der Waals surface area contributed by atoms with Crippen molar-refractivity contribution in [1.82, 2.24) is 0 Å². The maximum Gasteiger partial charge on any atom is 4.00 e. The van der Waals surface area contributed by atoms with Gasteiger partial charge in [-0.15, -0.1) is 0 Å². The first kappa shape index (κ1) is 42.4. The van der Waals surface area contributed by atoms with E-state index in [1.807, 2.05) is 27.7 Å². The fraction of sp³-hybridized carbons (Fsp3) is 0.143. The molecule has 17 heteroatoms. The molecule has 240 valence electrons. The van der Waals surface area contributed by atoms with Crippen molar-refractivity contribution in [3.63, 3.8) is 0 Å². The zero-order chi connectivity index (χ0) is 33.9. The van der Waals surface area contributed by atoms with Crippen LogP contribution in [0.5, 0.6) is 0 Å². The van der Waals surface area contributed by atoms with Crippen LogP contribution < -0.4 is 0 Å². The summed E-state index contributed by atoms with van der Waals surface area (Å²) in [5.74, 6) is 0. The summed E-state index contributed by atoms with van der Waals surface area (Å²) < 4.78 is 125. The molecule has 4 aromatic rings. The van der Waals surface area contributed by atoms with Gasteiger partial charge in [0, 0.05) is 0 Å². The molecule has 0 radical (unpaired) electrons. The topological polar surface area (TPSA) is 229 Å². The molecule has 0 heterocycles. The molecule has 0 aliphatic rings. The van der Waals surface area contributed by atoms with E-state index in [0.29, 0.717) is 0 Å². The molecule has 0 fully saturated rings. The Morgan fingerprint density at radius 1 is 0.311 bits per heavy atom. The molecule has 0 atom stereocenters. The summed E-state index contributed by atoms with van der Waals surface area (Å²) in [4.78, 5) is -0.711. The van der Waals surface area contributed by atoms with Gasteiger partial charge in [0.25, 0.3) is 0 Å². The Labute approximate surface area is 283 Å². The van der Waals surface area contributed by atoms with Gasteiger partial charge in [-0.3, -0.25) is 0 Å². The Bertz CT molecular complexity index is 1650. The van der Waals surface area contributed by atoms with Gasteiger partial charge >= 0.3 is 26.2 Å². The SMILES string of the molecule is Cc1ccc(S(=O)(=O)[O-])cc1.Cc1ccc(S(=O)(=O)[O-])cc1.Cc1ccc(S(=O)(=O)[O-])cc1.Cc1ccc(S(=O)(=O)[O-])cc1.[Zr+4]. The third kappa shape index (κ3) is 17.0. The number of hydrogen-bond acceptors (Lipinski definition) is 12. The van der Waals surface area contributed by atoms with Gasteiger partial charge in [0.1, 0.15) is 40.5 Å².